The summed E-state index contributed by atoms with van der Waals surface area (Å²) in [6.07, 6.45) is 2.71. The number of nitrogens with zero attached hydrogens (tertiary/aromatic N) is 1. The summed E-state index contributed by atoms with van der Waals surface area (Å²) in [7, 11) is 0. The van der Waals surface area contributed by atoms with Crippen molar-refractivity contribution in [1.29, 1.82) is 0 Å². The van der Waals surface area contributed by atoms with Gasteiger partial charge in [-0.3, -0.25) is 4.98 Å². The maximum atomic E-state index is 13.7. The molecule has 0 spiro atoms. The van der Waals surface area contributed by atoms with Crippen molar-refractivity contribution < 1.29 is 9.50 Å². The van der Waals surface area contributed by atoms with Gasteiger partial charge in [0.05, 0.1) is 6.10 Å². The highest BCUT2D eigenvalue weighted by molar-refractivity contribution is 5.62. The van der Waals surface area contributed by atoms with E-state index in [1.807, 2.05) is 25.3 Å². The molecule has 1 heterocycles. The second-order valence-corrected chi connectivity index (χ2v) is 6.03. The molecule has 0 amide bonds. The summed E-state index contributed by atoms with van der Waals surface area (Å²) in [5, 5.41) is 13.4. The van der Waals surface area contributed by atoms with Gasteiger partial charge in [0.15, 0.2) is 0 Å². The zero-order valence-electron chi connectivity index (χ0n) is 14.1. The Hall–Kier alpha value is -2.56. The second-order valence-electron chi connectivity index (χ2n) is 6.03. The molecule has 2 unspecified atom stereocenters. The first-order chi connectivity index (χ1) is 12.1. The van der Waals surface area contributed by atoms with E-state index in [1.165, 1.54) is 6.07 Å². The van der Waals surface area contributed by atoms with Crippen LogP contribution in [0.2, 0.25) is 0 Å². The summed E-state index contributed by atoms with van der Waals surface area (Å²) < 4.78 is 13.7. The summed E-state index contributed by atoms with van der Waals surface area (Å²) in [5.41, 5.74) is 3.60. The van der Waals surface area contributed by atoms with E-state index in [0.717, 1.165) is 16.7 Å². The van der Waals surface area contributed by atoms with Crippen LogP contribution in [-0.2, 0) is 0 Å². The van der Waals surface area contributed by atoms with Crippen molar-refractivity contribution in [3.63, 3.8) is 0 Å². The van der Waals surface area contributed by atoms with Crippen LogP contribution in [0.25, 0.3) is 11.1 Å². The van der Waals surface area contributed by atoms with Crippen molar-refractivity contribution >= 4 is 0 Å². The van der Waals surface area contributed by atoms with Crippen LogP contribution in [-0.4, -0.2) is 16.6 Å². The quantitative estimate of drug-likeness (QED) is 0.706. The molecule has 0 saturated carbocycles. The first-order valence-electron chi connectivity index (χ1n) is 8.31. The highest BCUT2D eigenvalue weighted by Gasteiger charge is 2.14. The van der Waals surface area contributed by atoms with Crippen LogP contribution >= 0.6 is 0 Å². The molecular weight excluding hydrogens is 315 g/mol. The van der Waals surface area contributed by atoms with Gasteiger partial charge in [-0.15, -0.1) is 0 Å². The van der Waals surface area contributed by atoms with Gasteiger partial charge < -0.3 is 10.4 Å². The monoisotopic (exact) mass is 336 g/mol. The minimum Gasteiger partial charge on any atom is -0.387 e. The van der Waals surface area contributed by atoms with Crippen molar-refractivity contribution in [1.82, 2.24) is 10.3 Å². The van der Waals surface area contributed by atoms with E-state index in [9.17, 15) is 9.50 Å². The molecule has 25 heavy (non-hydrogen) atoms. The standard InChI is InChI=1S/C21H21FN2O/c1-15(24-14-21(25)19-6-2-3-7-20(19)22)16-8-10-17(11-9-16)18-5-4-12-23-13-18/h2-13,15,21,24-25H,14H2,1H3. The SMILES string of the molecule is CC(NCC(O)c1ccccc1F)c1ccc(-c2cccnc2)cc1. The Kier molecular flexibility index (Phi) is 5.53. The normalized spacial score (nSPS) is 13.4. The van der Waals surface area contributed by atoms with Crippen LogP contribution in [0, 0.1) is 5.82 Å². The molecule has 2 N–H and O–H groups in total. The van der Waals surface area contributed by atoms with Crippen LogP contribution in [0.15, 0.2) is 73.1 Å². The van der Waals surface area contributed by atoms with Crippen molar-refractivity contribution in [3.8, 4) is 11.1 Å². The molecule has 0 radical (unpaired) electrons. The maximum absolute atomic E-state index is 13.7. The van der Waals surface area contributed by atoms with Gasteiger partial charge in [0, 0.05) is 30.5 Å². The Morgan fingerprint density at radius 3 is 2.44 bits per heavy atom. The number of benzene rings is 2. The molecule has 0 aliphatic carbocycles. The Balaban J connectivity index is 1.62. The number of rotatable bonds is 6. The summed E-state index contributed by atoms with van der Waals surface area (Å²) in [6.45, 7) is 2.31. The summed E-state index contributed by atoms with van der Waals surface area (Å²) in [5.74, 6) is -0.384. The van der Waals surface area contributed by atoms with Gasteiger partial charge in [0.25, 0.3) is 0 Å². The zero-order chi connectivity index (χ0) is 17.6. The first kappa shape index (κ1) is 17.3. The van der Waals surface area contributed by atoms with Gasteiger partial charge >= 0.3 is 0 Å². The van der Waals surface area contributed by atoms with Gasteiger partial charge in [-0.25, -0.2) is 4.39 Å². The molecule has 2 atom stereocenters. The number of aliphatic hydroxyl groups is 1. The Morgan fingerprint density at radius 1 is 1.00 bits per heavy atom. The summed E-state index contributed by atoms with van der Waals surface area (Å²) in [6, 6.07) is 18.5. The number of aliphatic hydroxyl groups excluding tert-OH is 1. The van der Waals surface area contributed by atoms with Crippen molar-refractivity contribution in [2.75, 3.05) is 6.54 Å². The lowest BCUT2D eigenvalue weighted by molar-refractivity contribution is 0.166. The Bertz CT molecular complexity index is 806. The molecule has 0 aliphatic rings. The highest BCUT2D eigenvalue weighted by atomic mass is 19.1. The molecule has 0 saturated heterocycles. The molecule has 128 valence electrons. The van der Waals surface area contributed by atoms with E-state index in [4.69, 9.17) is 0 Å². The fourth-order valence-electron chi connectivity index (χ4n) is 2.76. The third-order valence-corrected chi connectivity index (χ3v) is 4.29. The number of aromatic nitrogens is 1. The predicted octanol–water partition coefficient (Wildman–Crippen LogP) is 4.27. The molecule has 3 aromatic rings. The number of nitrogens with one attached hydrogen (secondary N) is 1. The van der Waals surface area contributed by atoms with E-state index < -0.39 is 6.10 Å². The number of hydrogen-bond acceptors (Lipinski definition) is 3. The number of pyridine rings is 1. The summed E-state index contributed by atoms with van der Waals surface area (Å²) >= 11 is 0. The van der Waals surface area contributed by atoms with E-state index in [-0.39, 0.29) is 18.4 Å². The molecular formula is C21H21FN2O. The van der Waals surface area contributed by atoms with Crippen LogP contribution in [0.3, 0.4) is 0 Å². The molecule has 3 rings (SSSR count). The molecule has 0 bridgehead atoms. The zero-order valence-corrected chi connectivity index (χ0v) is 14.1. The topological polar surface area (TPSA) is 45.1 Å². The van der Waals surface area contributed by atoms with Gasteiger partial charge in [-0.2, -0.15) is 0 Å². The van der Waals surface area contributed by atoms with Crippen LogP contribution in [0.4, 0.5) is 4.39 Å². The van der Waals surface area contributed by atoms with Crippen LogP contribution in [0.5, 0.6) is 0 Å². The third-order valence-electron chi connectivity index (χ3n) is 4.29. The number of halogens is 1. The molecule has 4 heteroatoms. The molecule has 3 nitrogen and oxygen atoms in total. The molecule has 0 fully saturated rings. The Labute approximate surface area is 147 Å². The predicted molar refractivity (Wildman–Crippen MR) is 97.5 cm³/mol. The maximum Gasteiger partial charge on any atom is 0.129 e. The average Bonchev–Trinajstić information content (AvgIpc) is 2.67. The lowest BCUT2D eigenvalue weighted by Crippen LogP contribution is -2.25. The van der Waals surface area contributed by atoms with Crippen molar-refractivity contribution in [2.24, 2.45) is 0 Å². The molecule has 2 aromatic carbocycles. The lowest BCUT2D eigenvalue weighted by Gasteiger charge is -2.18. The minimum absolute atomic E-state index is 0.0457. The first-order valence-corrected chi connectivity index (χ1v) is 8.31. The largest absolute Gasteiger partial charge is 0.387 e. The van der Waals surface area contributed by atoms with Gasteiger partial charge in [-0.1, -0.05) is 48.5 Å². The van der Waals surface area contributed by atoms with Crippen molar-refractivity contribution in [2.45, 2.75) is 19.1 Å². The number of hydrogen-bond donors (Lipinski definition) is 2. The second kappa shape index (κ2) is 8.01. The van der Waals surface area contributed by atoms with E-state index >= 15 is 0 Å². The van der Waals surface area contributed by atoms with Crippen LogP contribution < -0.4 is 5.32 Å². The van der Waals surface area contributed by atoms with Crippen molar-refractivity contribution in [3.05, 3.63) is 90.0 Å². The van der Waals surface area contributed by atoms with Gasteiger partial charge in [0.1, 0.15) is 5.82 Å². The fraction of sp³-hybridized carbons (Fsp3) is 0.190. The third kappa shape index (κ3) is 4.29. The molecule has 1 aromatic heterocycles. The summed E-state index contributed by atoms with van der Waals surface area (Å²) in [4.78, 5) is 4.13. The van der Waals surface area contributed by atoms with Gasteiger partial charge in [0.2, 0.25) is 0 Å². The highest BCUT2D eigenvalue weighted by Crippen LogP contribution is 2.22. The fourth-order valence-corrected chi connectivity index (χ4v) is 2.76. The average molecular weight is 336 g/mol. The van der Waals surface area contributed by atoms with E-state index in [0.29, 0.717) is 5.56 Å². The van der Waals surface area contributed by atoms with Crippen LogP contribution in [0.1, 0.15) is 30.2 Å². The Morgan fingerprint density at radius 2 is 1.76 bits per heavy atom. The minimum atomic E-state index is -0.877. The van der Waals surface area contributed by atoms with E-state index in [1.54, 1.807) is 24.4 Å². The van der Waals surface area contributed by atoms with E-state index in [2.05, 4.69) is 34.6 Å². The smallest absolute Gasteiger partial charge is 0.129 e. The lowest BCUT2D eigenvalue weighted by atomic mass is 10.0. The van der Waals surface area contributed by atoms with Gasteiger partial charge in [-0.05, 0) is 35.7 Å². The molecule has 0 aliphatic heterocycles.